The molecule has 0 amide bonds. The van der Waals surface area contributed by atoms with Crippen molar-refractivity contribution in [3.05, 3.63) is 72.3 Å². The van der Waals surface area contributed by atoms with E-state index in [1.54, 1.807) is 6.08 Å². The highest BCUT2D eigenvalue weighted by Crippen LogP contribution is 2.59. The van der Waals surface area contributed by atoms with Crippen molar-refractivity contribution in [2.75, 3.05) is 0 Å². The first-order valence-corrected chi connectivity index (χ1v) is 9.23. The Kier molecular flexibility index (Phi) is 5.54. The fraction of sp³-hybridized carbons (Fsp3) is 0.304. The van der Waals surface area contributed by atoms with E-state index in [0.717, 1.165) is 17.4 Å². The van der Waals surface area contributed by atoms with Gasteiger partial charge in [0.2, 0.25) is 0 Å². The number of carboxylic acid groups (broad SMARTS) is 1. The molecule has 1 N–H and O–H groups in total. The van der Waals surface area contributed by atoms with Crippen LogP contribution in [0, 0.1) is 17.3 Å². The van der Waals surface area contributed by atoms with Gasteiger partial charge in [-0.25, -0.2) is 4.79 Å². The molecule has 2 aromatic rings. The number of carbonyl (C=O) groups is 2. The van der Waals surface area contributed by atoms with E-state index in [-0.39, 0.29) is 23.2 Å². The lowest BCUT2D eigenvalue weighted by molar-refractivity contribution is -0.151. The molecule has 0 saturated heterocycles. The summed E-state index contributed by atoms with van der Waals surface area (Å²) in [6.07, 6.45) is 2.23. The second-order valence-electron chi connectivity index (χ2n) is 7.59. The molecule has 5 nitrogen and oxygen atoms in total. The van der Waals surface area contributed by atoms with Crippen molar-refractivity contribution in [2.24, 2.45) is 17.3 Å². The molecule has 0 bridgehead atoms. The number of esters is 1. The average Bonchev–Trinajstić information content (AvgIpc) is 3.21. The summed E-state index contributed by atoms with van der Waals surface area (Å²) in [5.74, 6) is -0.395. The van der Waals surface area contributed by atoms with Crippen molar-refractivity contribution in [3.63, 3.8) is 0 Å². The van der Waals surface area contributed by atoms with Crippen LogP contribution in [0.15, 0.2) is 66.7 Å². The molecule has 3 atom stereocenters. The van der Waals surface area contributed by atoms with Gasteiger partial charge >= 0.3 is 11.9 Å². The molecule has 146 valence electrons. The molecular formula is C23H24O5. The number of carbonyl (C=O) groups excluding carboxylic acids is 1. The minimum absolute atomic E-state index is 0.129. The van der Waals surface area contributed by atoms with Crippen LogP contribution in [0.3, 0.4) is 0 Å². The van der Waals surface area contributed by atoms with E-state index in [0.29, 0.717) is 5.75 Å². The molecule has 28 heavy (non-hydrogen) atoms. The number of hydrogen-bond donors (Lipinski definition) is 1. The predicted octanol–water partition coefficient (Wildman–Crippen LogP) is 5.00. The van der Waals surface area contributed by atoms with Crippen molar-refractivity contribution >= 4 is 11.9 Å². The Morgan fingerprint density at radius 1 is 1.07 bits per heavy atom. The Morgan fingerprint density at radius 3 is 2.43 bits per heavy atom. The third kappa shape index (κ3) is 4.42. The molecule has 1 saturated carbocycles. The number of hydrogen-bond acceptors (Lipinski definition) is 4. The van der Waals surface area contributed by atoms with Crippen molar-refractivity contribution in [3.8, 4) is 11.5 Å². The summed E-state index contributed by atoms with van der Waals surface area (Å²) in [5.41, 5.74) is 0.527. The van der Waals surface area contributed by atoms with Gasteiger partial charge < -0.3 is 14.6 Å². The number of carboxylic acids is 1. The number of aliphatic carboxylic acids is 1. The maximum atomic E-state index is 12.6. The molecule has 1 aliphatic rings. The summed E-state index contributed by atoms with van der Waals surface area (Å²) in [4.78, 5) is 23.3. The van der Waals surface area contributed by atoms with Gasteiger partial charge in [-0.15, -0.1) is 0 Å². The summed E-state index contributed by atoms with van der Waals surface area (Å²) < 4.78 is 11.5. The Hall–Kier alpha value is -3.08. The normalized spacial score (nSPS) is 21.1. The summed E-state index contributed by atoms with van der Waals surface area (Å²) >= 11 is 0. The first kappa shape index (κ1) is 19.7. The molecular weight excluding hydrogens is 356 g/mol. The number of rotatable bonds is 7. The number of allylic oxidation sites excluding steroid dienone is 1. The molecule has 2 aromatic carbocycles. The van der Waals surface area contributed by atoms with E-state index in [4.69, 9.17) is 14.6 Å². The van der Waals surface area contributed by atoms with Crippen LogP contribution in [-0.2, 0) is 14.3 Å². The van der Waals surface area contributed by atoms with E-state index in [1.807, 2.05) is 75.4 Å². The zero-order valence-electron chi connectivity index (χ0n) is 16.2. The van der Waals surface area contributed by atoms with Gasteiger partial charge in [-0.1, -0.05) is 50.3 Å². The fourth-order valence-corrected chi connectivity index (χ4v) is 3.44. The first-order valence-electron chi connectivity index (χ1n) is 9.23. The van der Waals surface area contributed by atoms with Gasteiger partial charge in [0.15, 0.2) is 0 Å². The van der Waals surface area contributed by atoms with Crippen molar-refractivity contribution in [1.29, 1.82) is 0 Å². The van der Waals surface area contributed by atoms with Gasteiger partial charge in [0.1, 0.15) is 17.6 Å². The summed E-state index contributed by atoms with van der Waals surface area (Å²) in [6.45, 7) is 5.69. The lowest BCUT2D eigenvalue weighted by Gasteiger charge is -2.15. The van der Waals surface area contributed by atoms with Crippen molar-refractivity contribution < 1.29 is 24.2 Å². The minimum Gasteiger partial charge on any atom is -0.478 e. The van der Waals surface area contributed by atoms with Crippen molar-refractivity contribution in [1.82, 2.24) is 0 Å². The van der Waals surface area contributed by atoms with Crippen LogP contribution in [0.1, 0.15) is 32.4 Å². The van der Waals surface area contributed by atoms with Crippen LogP contribution in [0.25, 0.3) is 0 Å². The van der Waals surface area contributed by atoms with E-state index in [1.165, 1.54) is 0 Å². The fourth-order valence-electron chi connectivity index (χ4n) is 3.44. The van der Waals surface area contributed by atoms with Gasteiger partial charge in [-0.2, -0.15) is 0 Å². The molecule has 1 unspecified atom stereocenters. The predicted molar refractivity (Wildman–Crippen MR) is 105 cm³/mol. The second kappa shape index (κ2) is 7.89. The number of benzene rings is 2. The molecule has 5 heteroatoms. The molecule has 0 aromatic heterocycles. The van der Waals surface area contributed by atoms with Crippen LogP contribution in [0.4, 0.5) is 0 Å². The Morgan fingerprint density at radius 2 is 1.75 bits per heavy atom. The largest absolute Gasteiger partial charge is 0.478 e. The highest BCUT2D eigenvalue weighted by atomic mass is 16.5. The standard InChI is InChI=1S/C23H24O5/c1-15(27-22(26)21-19(23(21,2)3)12-13-20(24)25)16-8-7-11-18(14-16)28-17-9-5-4-6-10-17/h4-15,19,21H,1-3H3,(H,24,25)/t15?,19-,21-/m0/s1. The third-order valence-corrected chi connectivity index (χ3v) is 5.21. The molecule has 0 radical (unpaired) electrons. The highest BCUT2D eigenvalue weighted by Gasteiger charge is 2.61. The maximum Gasteiger partial charge on any atom is 0.327 e. The zero-order chi connectivity index (χ0) is 20.3. The van der Waals surface area contributed by atoms with Crippen LogP contribution >= 0.6 is 0 Å². The lowest BCUT2D eigenvalue weighted by Crippen LogP contribution is -2.13. The molecule has 1 fully saturated rings. The lowest BCUT2D eigenvalue weighted by atomic mass is 10.1. The van der Waals surface area contributed by atoms with Crippen molar-refractivity contribution in [2.45, 2.75) is 26.9 Å². The van der Waals surface area contributed by atoms with Gasteiger partial charge in [-0.05, 0) is 48.1 Å². The summed E-state index contributed by atoms with van der Waals surface area (Å²) in [6, 6.07) is 16.9. The maximum absolute atomic E-state index is 12.6. The minimum atomic E-state index is -1.02. The highest BCUT2D eigenvalue weighted by molar-refractivity contribution is 5.82. The van der Waals surface area contributed by atoms with Crippen LogP contribution in [0.5, 0.6) is 11.5 Å². The average molecular weight is 380 g/mol. The smallest absolute Gasteiger partial charge is 0.327 e. The van der Waals surface area contributed by atoms with Gasteiger partial charge in [0.05, 0.1) is 5.92 Å². The number of ether oxygens (including phenoxy) is 2. The molecule has 0 aliphatic heterocycles. The molecule has 1 aliphatic carbocycles. The summed E-state index contributed by atoms with van der Waals surface area (Å²) in [5, 5.41) is 8.80. The Bertz CT molecular complexity index is 885. The van der Waals surface area contributed by atoms with E-state index in [9.17, 15) is 9.59 Å². The summed E-state index contributed by atoms with van der Waals surface area (Å²) in [7, 11) is 0. The monoisotopic (exact) mass is 380 g/mol. The third-order valence-electron chi connectivity index (χ3n) is 5.21. The topological polar surface area (TPSA) is 72.8 Å². The van der Waals surface area contributed by atoms with Gasteiger partial charge in [0, 0.05) is 6.08 Å². The van der Waals surface area contributed by atoms with Crippen LogP contribution < -0.4 is 4.74 Å². The van der Waals surface area contributed by atoms with Gasteiger partial charge in [0.25, 0.3) is 0 Å². The van der Waals surface area contributed by atoms with Crippen LogP contribution in [-0.4, -0.2) is 17.0 Å². The first-order chi connectivity index (χ1) is 13.3. The SMILES string of the molecule is CC(OC(=O)[C@@H]1[C@H](C=CC(=O)O)C1(C)C)c1cccc(Oc2ccccc2)c1. The molecule has 0 heterocycles. The Balaban J connectivity index is 1.65. The van der Waals surface area contributed by atoms with E-state index in [2.05, 4.69) is 0 Å². The Labute approximate surface area is 164 Å². The van der Waals surface area contributed by atoms with Crippen LogP contribution in [0.2, 0.25) is 0 Å². The van der Waals surface area contributed by atoms with E-state index >= 15 is 0 Å². The quantitative estimate of drug-likeness (QED) is 0.541. The molecule has 3 rings (SSSR count). The van der Waals surface area contributed by atoms with E-state index < -0.39 is 12.1 Å². The number of para-hydroxylation sites is 1. The van der Waals surface area contributed by atoms with Gasteiger partial charge in [-0.3, -0.25) is 4.79 Å². The zero-order valence-corrected chi connectivity index (χ0v) is 16.2. The second-order valence-corrected chi connectivity index (χ2v) is 7.59. The molecule has 0 spiro atoms.